The van der Waals surface area contributed by atoms with Crippen LogP contribution in [0.25, 0.3) is 0 Å². The summed E-state index contributed by atoms with van der Waals surface area (Å²) in [6.07, 6.45) is 1.47. The average Bonchev–Trinajstić information content (AvgIpc) is 2.77. The smallest absolute Gasteiger partial charge is 0.341 e. The zero-order valence-corrected chi connectivity index (χ0v) is 11.8. The van der Waals surface area contributed by atoms with Crippen LogP contribution in [0.15, 0.2) is 0 Å². The number of anilines is 1. The number of ether oxygens (including phenoxy) is 1. The third-order valence-corrected chi connectivity index (χ3v) is 3.56. The number of nitrogens with zero attached hydrogens (tertiary/aromatic N) is 3. The van der Waals surface area contributed by atoms with Gasteiger partial charge in [0.2, 0.25) is 0 Å². The molecule has 1 aliphatic rings. The molecule has 2 rings (SSSR count). The summed E-state index contributed by atoms with van der Waals surface area (Å²) in [5.41, 5.74) is 6.59. The van der Waals surface area contributed by atoms with Gasteiger partial charge in [-0.25, -0.2) is 9.48 Å². The SMILES string of the molecule is CCc1nn(CCCN2CCOCC2)c(N)c1C(=O)O. The van der Waals surface area contributed by atoms with Gasteiger partial charge < -0.3 is 15.6 Å². The Bertz CT molecular complexity index is 466. The van der Waals surface area contributed by atoms with Gasteiger partial charge in [0.15, 0.2) is 0 Å². The molecule has 1 aromatic rings. The number of carbonyl (C=O) groups is 1. The second kappa shape index (κ2) is 6.71. The fraction of sp³-hybridized carbons (Fsp3) is 0.692. The molecule has 0 aromatic carbocycles. The van der Waals surface area contributed by atoms with Crippen molar-refractivity contribution in [3.63, 3.8) is 0 Å². The second-order valence-corrected chi connectivity index (χ2v) is 4.90. The van der Waals surface area contributed by atoms with Gasteiger partial charge in [-0.05, 0) is 12.8 Å². The minimum absolute atomic E-state index is 0.152. The topological polar surface area (TPSA) is 93.6 Å². The Kier molecular flexibility index (Phi) is 4.97. The van der Waals surface area contributed by atoms with Gasteiger partial charge in [-0.1, -0.05) is 6.92 Å². The van der Waals surface area contributed by atoms with E-state index in [2.05, 4.69) is 10.00 Å². The van der Waals surface area contributed by atoms with Crippen LogP contribution >= 0.6 is 0 Å². The highest BCUT2D eigenvalue weighted by atomic mass is 16.5. The molecule has 0 spiro atoms. The fourth-order valence-electron chi connectivity index (χ4n) is 2.45. The van der Waals surface area contributed by atoms with Crippen LogP contribution in [0.3, 0.4) is 0 Å². The number of carboxylic acids is 1. The van der Waals surface area contributed by atoms with Crippen LogP contribution in [-0.2, 0) is 17.7 Å². The summed E-state index contributed by atoms with van der Waals surface area (Å²) in [5.74, 6) is -0.741. The number of aromatic nitrogens is 2. The first kappa shape index (κ1) is 14.8. The standard InChI is InChI=1S/C13H22N4O3/c1-2-10-11(13(18)19)12(14)17(15-10)5-3-4-16-6-8-20-9-7-16/h2-9,14H2,1H3,(H,18,19). The predicted molar refractivity (Wildman–Crippen MR) is 74.9 cm³/mol. The summed E-state index contributed by atoms with van der Waals surface area (Å²) in [6, 6.07) is 0. The van der Waals surface area contributed by atoms with E-state index in [1.54, 1.807) is 4.68 Å². The van der Waals surface area contributed by atoms with E-state index in [0.717, 1.165) is 39.3 Å². The molecule has 1 saturated heterocycles. The molecule has 112 valence electrons. The van der Waals surface area contributed by atoms with Crippen molar-refractivity contribution < 1.29 is 14.6 Å². The van der Waals surface area contributed by atoms with Crippen LogP contribution in [0.4, 0.5) is 5.82 Å². The molecular formula is C13H22N4O3. The number of aromatic carboxylic acids is 1. The van der Waals surface area contributed by atoms with Crippen molar-refractivity contribution in [3.05, 3.63) is 11.3 Å². The molecule has 0 saturated carbocycles. The van der Waals surface area contributed by atoms with E-state index in [1.165, 1.54) is 0 Å². The van der Waals surface area contributed by atoms with Gasteiger partial charge in [-0.2, -0.15) is 5.10 Å². The molecule has 20 heavy (non-hydrogen) atoms. The van der Waals surface area contributed by atoms with Gasteiger partial charge in [0, 0.05) is 26.2 Å². The summed E-state index contributed by atoms with van der Waals surface area (Å²) in [5, 5.41) is 13.5. The van der Waals surface area contributed by atoms with E-state index in [4.69, 9.17) is 15.6 Å². The van der Waals surface area contributed by atoms with Crippen LogP contribution in [0.2, 0.25) is 0 Å². The van der Waals surface area contributed by atoms with Crippen LogP contribution in [0.1, 0.15) is 29.4 Å². The molecule has 1 fully saturated rings. The molecule has 0 amide bonds. The third-order valence-electron chi connectivity index (χ3n) is 3.56. The highest BCUT2D eigenvalue weighted by Gasteiger charge is 2.20. The lowest BCUT2D eigenvalue weighted by atomic mass is 10.2. The molecule has 0 bridgehead atoms. The number of aryl methyl sites for hydroxylation is 2. The minimum Gasteiger partial charge on any atom is -0.477 e. The van der Waals surface area contributed by atoms with Gasteiger partial charge in [-0.15, -0.1) is 0 Å². The van der Waals surface area contributed by atoms with E-state index >= 15 is 0 Å². The molecule has 7 heteroatoms. The molecule has 3 N–H and O–H groups in total. The summed E-state index contributed by atoms with van der Waals surface area (Å²) < 4.78 is 6.91. The number of rotatable bonds is 6. The van der Waals surface area contributed by atoms with Gasteiger partial charge in [0.05, 0.1) is 18.9 Å². The van der Waals surface area contributed by atoms with Crippen molar-refractivity contribution in [2.75, 3.05) is 38.6 Å². The Morgan fingerprint density at radius 2 is 2.10 bits per heavy atom. The molecular weight excluding hydrogens is 260 g/mol. The van der Waals surface area contributed by atoms with Crippen LogP contribution in [-0.4, -0.2) is 58.6 Å². The Morgan fingerprint density at radius 3 is 2.65 bits per heavy atom. The Labute approximate surface area is 118 Å². The molecule has 0 aliphatic carbocycles. The van der Waals surface area contributed by atoms with Gasteiger partial charge in [0.1, 0.15) is 11.4 Å². The normalized spacial score (nSPS) is 16.4. The van der Waals surface area contributed by atoms with E-state index in [-0.39, 0.29) is 11.4 Å². The summed E-state index contributed by atoms with van der Waals surface area (Å²) >= 11 is 0. The predicted octanol–water partition coefficient (Wildman–Crippen LogP) is 0.448. The monoisotopic (exact) mass is 282 g/mol. The number of carboxylic acid groups (broad SMARTS) is 1. The van der Waals surface area contributed by atoms with Gasteiger partial charge in [0.25, 0.3) is 0 Å². The van der Waals surface area contributed by atoms with E-state index in [9.17, 15) is 4.79 Å². The quantitative estimate of drug-likeness (QED) is 0.786. The van der Waals surface area contributed by atoms with E-state index < -0.39 is 5.97 Å². The largest absolute Gasteiger partial charge is 0.477 e. The Morgan fingerprint density at radius 1 is 1.40 bits per heavy atom. The number of hydrogen-bond donors (Lipinski definition) is 2. The van der Waals surface area contributed by atoms with E-state index in [1.807, 2.05) is 6.92 Å². The summed E-state index contributed by atoms with van der Waals surface area (Å²) in [7, 11) is 0. The minimum atomic E-state index is -1.00. The molecule has 7 nitrogen and oxygen atoms in total. The number of morpholine rings is 1. The lowest BCUT2D eigenvalue weighted by molar-refractivity contribution is 0.0368. The van der Waals surface area contributed by atoms with Crippen LogP contribution in [0.5, 0.6) is 0 Å². The molecule has 1 aliphatic heterocycles. The molecule has 0 atom stereocenters. The van der Waals surface area contributed by atoms with Crippen LogP contribution < -0.4 is 5.73 Å². The highest BCUT2D eigenvalue weighted by Crippen LogP contribution is 2.18. The Hall–Kier alpha value is -1.60. The number of nitrogen functional groups attached to an aromatic ring is 1. The van der Waals surface area contributed by atoms with Crippen LogP contribution in [0, 0.1) is 0 Å². The van der Waals surface area contributed by atoms with E-state index in [0.29, 0.717) is 18.7 Å². The molecule has 0 radical (unpaired) electrons. The van der Waals surface area contributed by atoms with Gasteiger partial charge >= 0.3 is 5.97 Å². The molecule has 1 aromatic heterocycles. The van der Waals surface area contributed by atoms with Crippen molar-refractivity contribution in [1.29, 1.82) is 0 Å². The molecule has 2 heterocycles. The van der Waals surface area contributed by atoms with Crippen molar-refractivity contribution in [2.45, 2.75) is 26.3 Å². The summed E-state index contributed by atoms with van der Waals surface area (Å²) in [4.78, 5) is 13.5. The number of hydrogen-bond acceptors (Lipinski definition) is 5. The van der Waals surface area contributed by atoms with Crippen molar-refractivity contribution in [2.24, 2.45) is 0 Å². The third kappa shape index (κ3) is 3.29. The second-order valence-electron chi connectivity index (χ2n) is 4.90. The lowest BCUT2D eigenvalue weighted by Crippen LogP contribution is -2.37. The first-order valence-electron chi connectivity index (χ1n) is 7.02. The average molecular weight is 282 g/mol. The fourth-order valence-corrected chi connectivity index (χ4v) is 2.45. The first-order valence-corrected chi connectivity index (χ1v) is 7.02. The lowest BCUT2D eigenvalue weighted by Gasteiger charge is -2.26. The Balaban J connectivity index is 1.93. The highest BCUT2D eigenvalue weighted by molar-refractivity contribution is 5.94. The van der Waals surface area contributed by atoms with Gasteiger partial charge in [-0.3, -0.25) is 4.90 Å². The maximum absolute atomic E-state index is 11.2. The van der Waals surface area contributed by atoms with Crippen molar-refractivity contribution >= 4 is 11.8 Å². The maximum Gasteiger partial charge on any atom is 0.341 e. The van der Waals surface area contributed by atoms with Crippen molar-refractivity contribution in [1.82, 2.24) is 14.7 Å². The zero-order valence-electron chi connectivity index (χ0n) is 11.8. The zero-order chi connectivity index (χ0) is 14.5. The summed E-state index contributed by atoms with van der Waals surface area (Å²) in [6.45, 7) is 6.95. The van der Waals surface area contributed by atoms with Crippen molar-refractivity contribution in [3.8, 4) is 0 Å². The first-order chi connectivity index (χ1) is 9.63. The maximum atomic E-state index is 11.2. The molecule has 0 unspecified atom stereocenters. The number of nitrogens with two attached hydrogens (primary N) is 1.